The number of ether oxygens (including phenoxy) is 1. The van der Waals surface area contributed by atoms with Crippen LogP contribution in [0.15, 0.2) is 42.5 Å². The molecule has 7 heteroatoms. The summed E-state index contributed by atoms with van der Waals surface area (Å²) in [5, 5.41) is 38.3. The highest BCUT2D eigenvalue weighted by Crippen LogP contribution is 2.45. The van der Waals surface area contributed by atoms with Crippen molar-refractivity contribution in [3.05, 3.63) is 59.2 Å². The second-order valence-corrected chi connectivity index (χ2v) is 6.69. The third-order valence-corrected chi connectivity index (χ3v) is 4.96. The van der Waals surface area contributed by atoms with Gasteiger partial charge in [0.1, 0.15) is 5.75 Å². The van der Waals surface area contributed by atoms with Crippen LogP contribution < -0.4 is 0 Å². The van der Waals surface area contributed by atoms with Crippen LogP contribution in [0.3, 0.4) is 0 Å². The number of carboxylic acids is 1. The number of rotatable bonds is 5. The second-order valence-electron chi connectivity index (χ2n) is 6.69. The molecule has 28 heavy (non-hydrogen) atoms. The third-order valence-electron chi connectivity index (χ3n) is 4.96. The van der Waals surface area contributed by atoms with Crippen LogP contribution in [0.2, 0.25) is 0 Å². The molecule has 0 saturated heterocycles. The molecular weight excluding hydrogens is 364 g/mol. The first kappa shape index (κ1) is 19.4. The normalized spacial score (nSPS) is 21.4. The van der Waals surface area contributed by atoms with Crippen LogP contribution in [0.1, 0.15) is 35.1 Å². The smallest absolute Gasteiger partial charge is 0.309 e. The maximum absolute atomic E-state index is 12.8. The minimum Gasteiger partial charge on any atom is -0.508 e. The lowest BCUT2D eigenvalue weighted by molar-refractivity contribution is -0.148. The van der Waals surface area contributed by atoms with E-state index in [1.54, 1.807) is 6.07 Å². The van der Waals surface area contributed by atoms with Crippen molar-refractivity contribution in [2.75, 3.05) is 7.11 Å². The van der Waals surface area contributed by atoms with E-state index in [2.05, 4.69) is 0 Å². The summed E-state index contributed by atoms with van der Waals surface area (Å²) in [6, 6.07) is 8.61. The molecule has 0 spiro atoms. The number of hydrogen-bond donors (Lipinski definition) is 4. The number of phenols is 3. The van der Waals surface area contributed by atoms with Crippen LogP contribution in [0.5, 0.6) is 17.2 Å². The molecule has 4 N–H and O–H groups in total. The van der Waals surface area contributed by atoms with Crippen molar-refractivity contribution in [2.24, 2.45) is 5.92 Å². The number of ketones is 1. The molecular formula is C21H20O7. The van der Waals surface area contributed by atoms with Crippen molar-refractivity contribution in [1.29, 1.82) is 0 Å². The van der Waals surface area contributed by atoms with E-state index < -0.39 is 23.9 Å². The lowest BCUT2D eigenvalue weighted by Gasteiger charge is -2.34. The standard InChI is InChI=1S/C21H20O7/c1-28-20-13-5-4-12(22)9-14(13)15(10-16(20)21(26)27)17(23)6-2-11-3-7-18(24)19(25)8-11/h2-9,15-16,20,22,24-25H,10H2,1H3,(H,26,27)/b6-2+. The van der Waals surface area contributed by atoms with Crippen molar-refractivity contribution in [2.45, 2.75) is 18.4 Å². The molecule has 7 nitrogen and oxygen atoms in total. The summed E-state index contributed by atoms with van der Waals surface area (Å²) in [4.78, 5) is 24.6. The van der Waals surface area contributed by atoms with Crippen molar-refractivity contribution < 1.29 is 34.8 Å². The molecule has 146 valence electrons. The Hall–Kier alpha value is -3.32. The van der Waals surface area contributed by atoms with E-state index in [1.807, 2.05) is 0 Å². The Labute approximate surface area is 161 Å². The number of allylic oxidation sites excluding steroid dienone is 1. The Kier molecular flexibility index (Phi) is 5.37. The summed E-state index contributed by atoms with van der Waals surface area (Å²) in [5.74, 6) is -3.64. The molecule has 3 unspecified atom stereocenters. The quantitative estimate of drug-likeness (QED) is 0.461. The molecule has 0 amide bonds. The Balaban J connectivity index is 1.96. The molecule has 0 radical (unpaired) electrons. The number of fused-ring (bicyclic) bond motifs is 1. The van der Waals surface area contributed by atoms with E-state index >= 15 is 0 Å². The number of carboxylic acid groups (broad SMARTS) is 1. The van der Waals surface area contributed by atoms with Crippen LogP contribution in [0, 0.1) is 5.92 Å². The van der Waals surface area contributed by atoms with E-state index in [9.17, 15) is 30.0 Å². The Morgan fingerprint density at radius 1 is 1.04 bits per heavy atom. The van der Waals surface area contributed by atoms with Crippen molar-refractivity contribution in [3.8, 4) is 17.2 Å². The van der Waals surface area contributed by atoms with Gasteiger partial charge in [-0.25, -0.2) is 0 Å². The van der Waals surface area contributed by atoms with Gasteiger partial charge < -0.3 is 25.2 Å². The van der Waals surface area contributed by atoms with E-state index in [4.69, 9.17) is 4.74 Å². The molecule has 1 aliphatic rings. The predicted octanol–water partition coefficient (Wildman–Crippen LogP) is 2.96. The summed E-state index contributed by atoms with van der Waals surface area (Å²) in [5.41, 5.74) is 1.60. The molecule has 2 aromatic carbocycles. The minimum atomic E-state index is -1.06. The van der Waals surface area contributed by atoms with Gasteiger partial charge in [0.05, 0.1) is 12.0 Å². The SMILES string of the molecule is COC1c2ccc(O)cc2C(C(=O)/C=C/c2ccc(O)c(O)c2)CC1C(=O)O. The zero-order chi connectivity index (χ0) is 20.4. The lowest BCUT2D eigenvalue weighted by Crippen LogP contribution is -2.33. The molecule has 3 atom stereocenters. The summed E-state index contributed by atoms with van der Waals surface area (Å²) < 4.78 is 5.37. The summed E-state index contributed by atoms with van der Waals surface area (Å²) in [7, 11) is 1.41. The highest BCUT2D eigenvalue weighted by Gasteiger charge is 2.41. The molecule has 2 aromatic rings. The van der Waals surface area contributed by atoms with Crippen LogP contribution >= 0.6 is 0 Å². The molecule has 0 fully saturated rings. The van der Waals surface area contributed by atoms with E-state index in [1.165, 1.54) is 49.6 Å². The first-order valence-corrected chi connectivity index (χ1v) is 8.64. The number of methoxy groups -OCH3 is 1. The molecule has 0 aliphatic heterocycles. The first-order valence-electron chi connectivity index (χ1n) is 8.64. The fraction of sp³-hybridized carbons (Fsp3) is 0.238. The largest absolute Gasteiger partial charge is 0.508 e. The Morgan fingerprint density at radius 2 is 1.79 bits per heavy atom. The number of benzene rings is 2. The number of carbonyl (C=O) groups excluding carboxylic acids is 1. The minimum absolute atomic E-state index is 0.0207. The maximum atomic E-state index is 12.8. The number of aromatic hydroxyl groups is 3. The van der Waals surface area contributed by atoms with Gasteiger partial charge in [0.2, 0.25) is 0 Å². The number of carbonyl (C=O) groups is 2. The highest BCUT2D eigenvalue weighted by molar-refractivity contribution is 5.99. The topological polar surface area (TPSA) is 124 Å². The van der Waals surface area contributed by atoms with Gasteiger partial charge >= 0.3 is 5.97 Å². The Bertz CT molecular complexity index is 948. The molecule has 3 rings (SSSR count). The number of aliphatic carboxylic acids is 1. The van der Waals surface area contributed by atoms with Crippen LogP contribution in [-0.2, 0) is 14.3 Å². The van der Waals surface area contributed by atoms with E-state index in [-0.39, 0.29) is 29.5 Å². The third kappa shape index (κ3) is 3.70. The highest BCUT2D eigenvalue weighted by atomic mass is 16.5. The average Bonchev–Trinajstić information content (AvgIpc) is 2.67. The number of hydrogen-bond acceptors (Lipinski definition) is 6. The van der Waals surface area contributed by atoms with Gasteiger partial charge in [0.25, 0.3) is 0 Å². The monoisotopic (exact) mass is 384 g/mol. The lowest BCUT2D eigenvalue weighted by atomic mass is 9.73. The predicted molar refractivity (Wildman–Crippen MR) is 100 cm³/mol. The fourth-order valence-corrected chi connectivity index (χ4v) is 3.57. The van der Waals surface area contributed by atoms with Gasteiger partial charge in [0.15, 0.2) is 17.3 Å². The van der Waals surface area contributed by atoms with Gasteiger partial charge in [0, 0.05) is 13.0 Å². The summed E-state index contributed by atoms with van der Waals surface area (Å²) >= 11 is 0. The van der Waals surface area contributed by atoms with Gasteiger partial charge in [-0.3, -0.25) is 9.59 Å². The van der Waals surface area contributed by atoms with Gasteiger partial charge in [-0.1, -0.05) is 18.2 Å². The van der Waals surface area contributed by atoms with E-state index in [0.717, 1.165) is 0 Å². The fourth-order valence-electron chi connectivity index (χ4n) is 3.57. The van der Waals surface area contributed by atoms with Gasteiger partial charge in [-0.15, -0.1) is 0 Å². The summed E-state index contributed by atoms with van der Waals surface area (Å²) in [6.45, 7) is 0. The zero-order valence-electron chi connectivity index (χ0n) is 15.1. The average molecular weight is 384 g/mol. The van der Waals surface area contributed by atoms with E-state index in [0.29, 0.717) is 16.7 Å². The first-order chi connectivity index (χ1) is 13.3. The zero-order valence-corrected chi connectivity index (χ0v) is 15.1. The summed E-state index contributed by atoms with van der Waals surface area (Å²) in [6.07, 6.45) is 2.10. The molecule has 1 aliphatic carbocycles. The number of phenolic OH excluding ortho intramolecular Hbond substituents is 3. The molecule has 0 aromatic heterocycles. The molecule has 0 heterocycles. The molecule has 0 bridgehead atoms. The second kappa shape index (κ2) is 7.74. The van der Waals surface area contributed by atoms with Crippen LogP contribution in [0.25, 0.3) is 6.08 Å². The van der Waals surface area contributed by atoms with Crippen LogP contribution in [0.4, 0.5) is 0 Å². The van der Waals surface area contributed by atoms with Gasteiger partial charge in [-0.05, 0) is 53.5 Å². The molecule has 0 saturated carbocycles. The van der Waals surface area contributed by atoms with Crippen LogP contribution in [-0.4, -0.2) is 39.3 Å². The van der Waals surface area contributed by atoms with Gasteiger partial charge in [-0.2, -0.15) is 0 Å². The maximum Gasteiger partial charge on any atom is 0.309 e. The Morgan fingerprint density at radius 3 is 2.43 bits per heavy atom. The van der Waals surface area contributed by atoms with Crippen molar-refractivity contribution >= 4 is 17.8 Å². The van der Waals surface area contributed by atoms with Crippen molar-refractivity contribution in [3.63, 3.8) is 0 Å². The van der Waals surface area contributed by atoms with Crippen molar-refractivity contribution in [1.82, 2.24) is 0 Å².